The molecular weight excluding hydrogens is 813 g/mol. The fourth-order valence-corrected chi connectivity index (χ4v) is 9.17. The van der Waals surface area contributed by atoms with E-state index in [1.165, 1.54) is 33.4 Å². The van der Waals surface area contributed by atoms with Gasteiger partial charge in [-0.1, -0.05) is 179 Å². The van der Waals surface area contributed by atoms with Crippen molar-refractivity contribution in [3.8, 4) is 33.4 Å². The number of benzene rings is 3. The zero-order valence-electron chi connectivity index (χ0n) is 44.2. The molecule has 348 valence electrons. The van der Waals surface area contributed by atoms with Crippen LogP contribution in [0.25, 0.3) is 79.8 Å². The van der Waals surface area contributed by atoms with Gasteiger partial charge < -0.3 is 9.97 Å². The third-order valence-electron chi connectivity index (χ3n) is 13.9. The Balaban J connectivity index is 1.59. The fourth-order valence-electron chi connectivity index (χ4n) is 9.17. The molecule has 0 spiro atoms. The number of fused-ring (bicyclic) bond motifs is 8. The number of aryl methyl sites for hydroxylation is 1. The second-order valence-electron chi connectivity index (χ2n) is 25.6. The van der Waals surface area contributed by atoms with Crippen molar-refractivity contribution in [2.75, 3.05) is 0 Å². The van der Waals surface area contributed by atoms with E-state index in [9.17, 15) is 0 Å². The van der Waals surface area contributed by atoms with Crippen LogP contribution in [-0.4, -0.2) is 19.9 Å². The lowest BCUT2D eigenvalue weighted by Gasteiger charge is -2.26. The van der Waals surface area contributed by atoms with Gasteiger partial charge in [-0.25, -0.2) is 9.97 Å². The van der Waals surface area contributed by atoms with Crippen molar-refractivity contribution in [1.29, 1.82) is 0 Å². The Labute approximate surface area is 402 Å². The average molecular weight is 889 g/mol. The van der Waals surface area contributed by atoms with Crippen molar-refractivity contribution in [3.63, 3.8) is 0 Å². The summed E-state index contributed by atoms with van der Waals surface area (Å²) >= 11 is 0. The maximum absolute atomic E-state index is 5.73. The first-order chi connectivity index (χ1) is 30.9. The Morgan fingerprint density at radius 2 is 0.522 bits per heavy atom. The molecule has 0 aliphatic carbocycles. The summed E-state index contributed by atoms with van der Waals surface area (Å²) in [4.78, 5) is 19.2. The largest absolute Gasteiger partial charge is 0.355 e. The van der Waals surface area contributed by atoms with E-state index in [-0.39, 0.29) is 32.5 Å². The second-order valence-corrected chi connectivity index (χ2v) is 25.6. The van der Waals surface area contributed by atoms with Crippen molar-refractivity contribution in [1.82, 2.24) is 19.9 Å². The van der Waals surface area contributed by atoms with Crippen LogP contribution in [0.3, 0.4) is 0 Å². The average Bonchev–Trinajstić information content (AvgIpc) is 4.05. The maximum atomic E-state index is 5.73. The van der Waals surface area contributed by atoms with E-state index in [4.69, 9.17) is 9.97 Å². The lowest BCUT2D eigenvalue weighted by atomic mass is 9.78. The summed E-state index contributed by atoms with van der Waals surface area (Å²) in [5, 5.41) is 0. The van der Waals surface area contributed by atoms with Crippen LogP contribution >= 0.6 is 0 Å². The monoisotopic (exact) mass is 889 g/mol. The summed E-state index contributed by atoms with van der Waals surface area (Å²) < 4.78 is 0. The molecule has 3 aromatic heterocycles. The molecule has 2 aliphatic rings. The number of hydrogen-bond donors (Lipinski definition) is 2. The Morgan fingerprint density at radius 3 is 0.791 bits per heavy atom. The van der Waals surface area contributed by atoms with E-state index in [0.29, 0.717) is 0 Å². The van der Waals surface area contributed by atoms with E-state index in [1.54, 1.807) is 0 Å². The number of aromatic nitrogens is 4. The predicted octanol–water partition coefficient (Wildman–Crippen LogP) is 17.8. The van der Waals surface area contributed by atoms with Crippen LogP contribution in [0.5, 0.6) is 0 Å². The van der Waals surface area contributed by atoms with Gasteiger partial charge in [0, 0.05) is 38.8 Å². The van der Waals surface area contributed by atoms with Crippen LogP contribution in [0.4, 0.5) is 0 Å². The van der Waals surface area contributed by atoms with Crippen molar-refractivity contribution >= 4 is 46.4 Å². The van der Waals surface area contributed by atoms with Gasteiger partial charge in [0.15, 0.2) is 0 Å². The second kappa shape index (κ2) is 16.2. The van der Waals surface area contributed by atoms with Gasteiger partial charge in [0.1, 0.15) is 0 Å². The first-order valence-electron chi connectivity index (χ1n) is 24.5. The standard InChI is InChI=1S/C63H76N4/c1-37-47-20-22-49(64-47)55(38-28-41(58(2,3)4)34-42(29-38)59(5,6)7)51-24-26-53(66-51)57(40-32-45(62(14,15)16)36-46(33-40)63(17,18)19)54-27-25-52(67-54)56(50-23-21-48(37)65-50)39-30-43(60(8,9)10)35-44(31-39)61(11,12)13/h20-36,64,67H,1-19H3. The first kappa shape index (κ1) is 47.7. The quantitative estimate of drug-likeness (QED) is 0.186. The van der Waals surface area contributed by atoms with E-state index >= 15 is 0 Å². The summed E-state index contributed by atoms with van der Waals surface area (Å²) in [7, 11) is 0. The molecular formula is C63H76N4. The topological polar surface area (TPSA) is 57.4 Å². The highest BCUT2D eigenvalue weighted by molar-refractivity contribution is 5.98. The number of aromatic amines is 2. The van der Waals surface area contributed by atoms with Gasteiger partial charge in [-0.2, -0.15) is 0 Å². The minimum Gasteiger partial charge on any atom is -0.355 e. The molecule has 8 rings (SSSR count). The van der Waals surface area contributed by atoms with Crippen LogP contribution in [-0.2, 0) is 32.5 Å². The van der Waals surface area contributed by atoms with E-state index < -0.39 is 0 Å². The highest BCUT2D eigenvalue weighted by Gasteiger charge is 2.27. The molecule has 0 amide bonds. The smallest absolute Gasteiger partial charge is 0.0737 e. The lowest BCUT2D eigenvalue weighted by molar-refractivity contribution is 0.568. The molecule has 3 aromatic carbocycles. The van der Waals surface area contributed by atoms with E-state index in [2.05, 4.69) is 245 Å². The summed E-state index contributed by atoms with van der Waals surface area (Å²) in [6, 6.07) is 30.5. The molecule has 4 heteroatoms. The van der Waals surface area contributed by atoms with Crippen molar-refractivity contribution in [3.05, 3.63) is 141 Å². The number of hydrogen-bond acceptors (Lipinski definition) is 2. The van der Waals surface area contributed by atoms with Gasteiger partial charge in [-0.15, -0.1) is 0 Å². The van der Waals surface area contributed by atoms with Crippen LogP contribution in [0, 0.1) is 6.92 Å². The molecule has 0 atom stereocenters. The molecule has 0 saturated heterocycles. The maximum Gasteiger partial charge on any atom is 0.0737 e. The molecule has 8 bridgehead atoms. The predicted molar refractivity (Wildman–Crippen MR) is 292 cm³/mol. The molecule has 0 unspecified atom stereocenters. The molecule has 0 radical (unpaired) electrons. The van der Waals surface area contributed by atoms with Gasteiger partial charge in [0.05, 0.1) is 22.8 Å². The summed E-state index contributed by atoms with van der Waals surface area (Å²) in [6.45, 7) is 43.8. The molecule has 5 heterocycles. The Morgan fingerprint density at radius 1 is 0.299 bits per heavy atom. The molecule has 0 fully saturated rings. The molecule has 4 nitrogen and oxygen atoms in total. The molecule has 0 saturated carbocycles. The van der Waals surface area contributed by atoms with Crippen LogP contribution in [0.2, 0.25) is 0 Å². The zero-order valence-corrected chi connectivity index (χ0v) is 44.2. The number of nitrogens with zero attached hydrogens (tertiary/aromatic N) is 2. The van der Waals surface area contributed by atoms with Crippen molar-refractivity contribution in [2.24, 2.45) is 0 Å². The van der Waals surface area contributed by atoms with Crippen LogP contribution in [0.1, 0.15) is 186 Å². The SMILES string of the molecule is Cc1c2nc(c(-c3cc(C(C)(C)C)cc(C(C)(C)C)c3)c3ccc([nH]3)c(-c3cc(C(C)(C)C)cc(C(C)(C)C)c3)c3nc(c(-c4cc(C(C)(C)C)cc(C(C)(C)C)c4)c4ccc1[nH]4)C=C3)C=C2. The molecule has 67 heavy (non-hydrogen) atoms. The molecule has 6 aromatic rings. The molecule has 2 aliphatic heterocycles. The summed E-state index contributed by atoms with van der Waals surface area (Å²) in [5.74, 6) is 0. The van der Waals surface area contributed by atoms with Crippen LogP contribution in [0.15, 0.2) is 78.9 Å². The van der Waals surface area contributed by atoms with Crippen molar-refractivity contribution in [2.45, 2.75) is 164 Å². The summed E-state index contributed by atoms with van der Waals surface area (Å²) in [5.41, 5.74) is 23.1. The third kappa shape index (κ3) is 9.56. The van der Waals surface area contributed by atoms with E-state index in [0.717, 1.165) is 83.8 Å². The third-order valence-corrected chi connectivity index (χ3v) is 13.9. The van der Waals surface area contributed by atoms with E-state index in [1.807, 2.05) is 0 Å². The minimum atomic E-state index is -0.0738. The number of rotatable bonds is 3. The van der Waals surface area contributed by atoms with Gasteiger partial charge in [0.2, 0.25) is 0 Å². The van der Waals surface area contributed by atoms with Gasteiger partial charge in [-0.05, 0) is 144 Å². The van der Waals surface area contributed by atoms with Crippen molar-refractivity contribution < 1.29 is 0 Å². The van der Waals surface area contributed by atoms with Gasteiger partial charge in [-0.3, -0.25) is 0 Å². The Hall–Kier alpha value is -5.74. The van der Waals surface area contributed by atoms with Crippen LogP contribution < -0.4 is 0 Å². The Kier molecular flexibility index (Phi) is 11.6. The lowest BCUT2D eigenvalue weighted by Crippen LogP contribution is -2.16. The highest BCUT2D eigenvalue weighted by Crippen LogP contribution is 2.43. The summed E-state index contributed by atoms with van der Waals surface area (Å²) in [6.07, 6.45) is 8.86. The highest BCUT2D eigenvalue weighted by atomic mass is 14.8. The first-order valence-corrected chi connectivity index (χ1v) is 24.5. The van der Waals surface area contributed by atoms with Gasteiger partial charge >= 0.3 is 0 Å². The molecule has 2 N–H and O–H groups in total. The number of H-pyrrole nitrogens is 2. The zero-order chi connectivity index (χ0) is 49.0. The van der Waals surface area contributed by atoms with Gasteiger partial charge in [0.25, 0.3) is 0 Å². The minimum absolute atomic E-state index is 0.0563. The Bertz CT molecular complexity index is 3000. The normalized spacial score (nSPS) is 13.8. The fraction of sp³-hybridized carbons (Fsp3) is 0.397. The number of nitrogens with one attached hydrogen (secondary N) is 2.